The van der Waals surface area contributed by atoms with Crippen LogP contribution in [0.4, 0.5) is 13.2 Å². The van der Waals surface area contributed by atoms with E-state index in [1.54, 1.807) is 4.57 Å². The molecule has 1 N–H and O–H groups in total. The molecule has 30 heavy (non-hydrogen) atoms. The van der Waals surface area contributed by atoms with E-state index in [4.69, 9.17) is 0 Å². The first-order valence-electron chi connectivity index (χ1n) is 9.33. The Morgan fingerprint density at radius 2 is 1.87 bits per heavy atom. The number of carbonyl (C=O) groups is 1. The second-order valence-electron chi connectivity index (χ2n) is 7.18. The molecule has 0 bridgehead atoms. The van der Waals surface area contributed by atoms with E-state index in [0.717, 1.165) is 22.0 Å². The predicted molar refractivity (Wildman–Crippen MR) is 112 cm³/mol. The third-order valence-electron chi connectivity index (χ3n) is 5.43. The zero-order valence-electron chi connectivity index (χ0n) is 16.4. The summed E-state index contributed by atoms with van der Waals surface area (Å²) in [6.07, 6.45) is 0. The largest absolute Gasteiger partial charge is 0.480 e. The summed E-state index contributed by atoms with van der Waals surface area (Å²) in [4.78, 5) is 16.0. The molecule has 156 valence electrons. The fourth-order valence-corrected chi connectivity index (χ4v) is 5.22. The van der Waals surface area contributed by atoms with E-state index in [0.29, 0.717) is 15.4 Å². The zero-order chi connectivity index (χ0) is 21.6. The summed E-state index contributed by atoms with van der Waals surface area (Å²) in [7, 11) is 0. The quantitative estimate of drug-likeness (QED) is 0.405. The first-order valence-corrected chi connectivity index (χ1v) is 10.2. The number of hydrogen-bond donors (Lipinski definition) is 1. The van der Waals surface area contributed by atoms with Crippen LogP contribution in [-0.4, -0.2) is 20.6 Å². The smallest absolute Gasteiger partial charge is 0.323 e. The maximum absolute atomic E-state index is 13.7. The Balaban J connectivity index is 2.08. The topological polar surface area (TPSA) is 55.1 Å². The van der Waals surface area contributed by atoms with E-state index in [2.05, 4.69) is 4.98 Å². The van der Waals surface area contributed by atoms with Crippen LogP contribution in [0.2, 0.25) is 0 Å². The van der Waals surface area contributed by atoms with Gasteiger partial charge in [0.2, 0.25) is 0 Å². The van der Waals surface area contributed by atoms with Crippen molar-refractivity contribution in [3.8, 4) is 10.6 Å². The molecule has 4 nitrogen and oxygen atoms in total. The van der Waals surface area contributed by atoms with Crippen molar-refractivity contribution in [2.75, 3.05) is 0 Å². The number of benzene rings is 2. The molecule has 0 spiro atoms. The van der Waals surface area contributed by atoms with Gasteiger partial charge in [0, 0.05) is 33.3 Å². The third-order valence-corrected chi connectivity index (χ3v) is 6.58. The molecule has 0 saturated heterocycles. The molecule has 8 heteroatoms. The van der Waals surface area contributed by atoms with E-state index in [1.165, 1.54) is 17.4 Å². The molecule has 2 heterocycles. The minimum Gasteiger partial charge on any atom is -0.480 e. The number of hydrogen-bond acceptors (Lipinski definition) is 3. The monoisotopic (exact) mass is 432 g/mol. The van der Waals surface area contributed by atoms with Gasteiger partial charge in [0.25, 0.3) is 0 Å². The molecule has 4 aromatic rings. The standard InChI is InChI=1S/C22H19F3N2O2S/c1-11-4-3-5-16-18(11)19(12(2)27(16)10-17(28)29)22-26-20-15(9-25)13(7-23)6-14(8-24)21(20)30-22/h3-6H,7-10H2,1-2H3,(H,28,29). The van der Waals surface area contributed by atoms with E-state index in [1.807, 2.05) is 32.0 Å². The Labute approximate surface area is 174 Å². The van der Waals surface area contributed by atoms with Crippen LogP contribution < -0.4 is 0 Å². The van der Waals surface area contributed by atoms with Crippen LogP contribution in [0.3, 0.4) is 0 Å². The highest BCUT2D eigenvalue weighted by Gasteiger charge is 2.23. The number of aliphatic carboxylic acids is 1. The third kappa shape index (κ3) is 3.06. The minimum absolute atomic E-state index is 0.107. The van der Waals surface area contributed by atoms with Crippen molar-refractivity contribution in [3.05, 3.63) is 52.2 Å². The second kappa shape index (κ2) is 7.75. The molecule has 0 atom stereocenters. The molecular weight excluding hydrogens is 413 g/mol. The number of carboxylic acids is 1. The van der Waals surface area contributed by atoms with Crippen LogP contribution in [0.15, 0.2) is 24.3 Å². The van der Waals surface area contributed by atoms with Gasteiger partial charge in [-0.3, -0.25) is 4.79 Å². The number of halogens is 3. The van der Waals surface area contributed by atoms with Gasteiger partial charge in [-0.2, -0.15) is 0 Å². The number of fused-ring (bicyclic) bond motifs is 2. The summed E-state index contributed by atoms with van der Waals surface area (Å²) in [6.45, 7) is 0.911. The Morgan fingerprint density at radius 1 is 1.13 bits per heavy atom. The molecule has 0 saturated carbocycles. The van der Waals surface area contributed by atoms with Gasteiger partial charge in [0.05, 0.1) is 10.2 Å². The predicted octanol–water partition coefficient (Wildman–Crippen LogP) is 6.03. The lowest BCUT2D eigenvalue weighted by Gasteiger charge is -2.06. The Kier molecular flexibility index (Phi) is 5.27. The van der Waals surface area contributed by atoms with E-state index in [-0.39, 0.29) is 28.8 Å². The van der Waals surface area contributed by atoms with Crippen LogP contribution in [0.1, 0.15) is 27.9 Å². The van der Waals surface area contributed by atoms with Crippen molar-refractivity contribution in [2.24, 2.45) is 0 Å². The van der Waals surface area contributed by atoms with Gasteiger partial charge in [-0.05, 0) is 37.1 Å². The van der Waals surface area contributed by atoms with Crippen LogP contribution in [0, 0.1) is 13.8 Å². The van der Waals surface area contributed by atoms with Gasteiger partial charge < -0.3 is 9.67 Å². The Morgan fingerprint density at radius 3 is 2.50 bits per heavy atom. The molecule has 4 rings (SSSR count). The van der Waals surface area contributed by atoms with E-state index >= 15 is 0 Å². The zero-order valence-corrected chi connectivity index (χ0v) is 17.2. The van der Waals surface area contributed by atoms with E-state index < -0.39 is 26.0 Å². The van der Waals surface area contributed by atoms with Gasteiger partial charge in [0.15, 0.2) is 0 Å². The minimum atomic E-state index is -0.973. The lowest BCUT2D eigenvalue weighted by Crippen LogP contribution is -2.09. The summed E-state index contributed by atoms with van der Waals surface area (Å²) in [6, 6.07) is 6.99. The van der Waals surface area contributed by atoms with Crippen molar-refractivity contribution >= 4 is 38.4 Å². The lowest BCUT2D eigenvalue weighted by molar-refractivity contribution is -0.137. The Bertz CT molecular complexity index is 1290. The molecule has 0 amide bonds. The van der Waals surface area contributed by atoms with Gasteiger partial charge in [-0.1, -0.05) is 12.1 Å². The van der Waals surface area contributed by atoms with Crippen molar-refractivity contribution in [2.45, 2.75) is 40.4 Å². The maximum Gasteiger partial charge on any atom is 0.323 e. The molecule has 2 aromatic heterocycles. The van der Waals surface area contributed by atoms with E-state index in [9.17, 15) is 23.1 Å². The molecular formula is C22H19F3N2O2S. The summed E-state index contributed by atoms with van der Waals surface area (Å²) >= 11 is 1.22. The van der Waals surface area contributed by atoms with Crippen LogP contribution >= 0.6 is 11.3 Å². The van der Waals surface area contributed by atoms with Crippen LogP contribution in [-0.2, 0) is 31.4 Å². The number of aromatic nitrogens is 2. The van der Waals surface area contributed by atoms with Gasteiger partial charge in [0.1, 0.15) is 31.6 Å². The highest BCUT2D eigenvalue weighted by Crippen LogP contribution is 2.42. The molecule has 0 aliphatic carbocycles. The maximum atomic E-state index is 13.7. The highest BCUT2D eigenvalue weighted by atomic mass is 32.1. The summed E-state index contributed by atoms with van der Waals surface area (Å²) < 4.78 is 43.0. The summed E-state index contributed by atoms with van der Waals surface area (Å²) in [5.41, 5.74) is 3.93. The molecule has 0 fully saturated rings. The SMILES string of the molecule is Cc1cccc2c1c(-c1nc3c(CF)c(CF)cc(CF)c3s1)c(C)n2CC(=O)O. The fourth-order valence-electron chi connectivity index (χ4n) is 4.03. The first kappa shape index (κ1) is 20.4. The number of thiazole rings is 1. The molecule has 0 aliphatic heterocycles. The van der Waals surface area contributed by atoms with Gasteiger partial charge >= 0.3 is 5.97 Å². The summed E-state index contributed by atoms with van der Waals surface area (Å²) in [5, 5.41) is 10.7. The normalized spacial score (nSPS) is 11.6. The number of aryl methyl sites for hydroxylation is 1. The lowest BCUT2D eigenvalue weighted by atomic mass is 10.0. The number of alkyl halides is 3. The van der Waals surface area contributed by atoms with Crippen molar-refractivity contribution in [3.63, 3.8) is 0 Å². The molecule has 2 aromatic carbocycles. The Hall–Kier alpha value is -2.87. The molecule has 0 radical (unpaired) electrons. The van der Waals surface area contributed by atoms with Crippen molar-refractivity contribution < 1.29 is 23.1 Å². The van der Waals surface area contributed by atoms with Crippen molar-refractivity contribution in [1.29, 1.82) is 0 Å². The number of rotatable bonds is 6. The average molecular weight is 432 g/mol. The summed E-state index contributed by atoms with van der Waals surface area (Å²) in [5.74, 6) is -0.973. The number of carboxylic acid groups (broad SMARTS) is 1. The molecule has 0 aliphatic rings. The first-order chi connectivity index (χ1) is 14.4. The highest BCUT2D eigenvalue weighted by molar-refractivity contribution is 7.22. The fraction of sp³-hybridized carbons (Fsp3) is 0.273. The van der Waals surface area contributed by atoms with Crippen LogP contribution in [0.5, 0.6) is 0 Å². The van der Waals surface area contributed by atoms with Crippen molar-refractivity contribution in [1.82, 2.24) is 9.55 Å². The van der Waals surface area contributed by atoms with Gasteiger partial charge in [-0.25, -0.2) is 18.2 Å². The molecule has 0 unspecified atom stereocenters. The van der Waals surface area contributed by atoms with Crippen LogP contribution in [0.25, 0.3) is 31.7 Å². The van der Waals surface area contributed by atoms with Gasteiger partial charge in [-0.15, -0.1) is 11.3 Å². The average Bonchev–Trinajstić information content (AvgIpc) is 3.27. The second-order valence-corrected chi connectivity index (χ2v) is 8.18. The number of nitrogens with zero attached hydrogens (tertiary/aromatic N) is 2.